The zero-order chi connectivity index (χ0) is 13.1. The molecule has 1 aromatic rings. The van der Waals surface area contributed by atoms with E-state index in [1.165, 1.54) is 0 Å². The lowest BCUT2D eigenvalue weighted by atomic mass is 10.0. The van der Waals surface area contributed by atoms with E-state index in [9.17, 15) is 5.11 Å². The van der Waals surface area contributed by atoms with Crippen molar-refractivity contribution >= 4 is 0 Å². The van der Waals surface area contributed by atoms with Gasteiger partial charge in [0, 0.05) is 11.6 Å². The summed E-state index contributed by atoms with van der Waals surface area (Å²) in [4.78, 5) is 0. The standard InChI is InChI=1S/C14H21NO2/c1-5-6-12(15)11-9-10(7-8-13(11)16)17-14(2,3)4/h5,7-9,12,16H,1,6,15H2,2-4H3/t12-/m0/s1. The molecule has 3 nitrogen and oxygen atoms in total. The van der Waals surface area contributed by atoms with Crippen LogP contribution in [0.4, 0.5) is 0 Å². The van der Waals surface area contributed by atoms with Crippen molar-refractivity contribution in [2.45, 2.75) is 38.8 Å². The van der Waals surface area contributed by atoms with Gasteiger partial charge in [0.05, 0.1) is 0 Å². The van der Waals surface area contributed by atoms with Gasteiger partial charge in [-0.2, -0.15) is 0 Å². The van der Waals surface area contributed by atoms with Crippen LogP contribution in [0.5, 0.6) is 11.5 Å². The first-order valence-corrected chi connectivity index (χ1v) is 5.72. The molecule has 0 aromatic heterocycles. The normalized spacial score (nSPS) is 13.2. The fourth-order valence-electron chi connectivity index (χ4n) is 1.55. The predicted octanol–water partition coefficient (Wildman–Crippen LogP) is 3.15. The van der Waals surface area contributed by atoms with Crippen LogP contribution in [0.1, 0.15) is 38.8 Å². The van der Waals surface area contributed by atoms with Crippen molar-refractivity contribution in [2.75, 3.05) is 0 Å². The summed E-state index contributed by atoms with van der Waals surface area (Å²) in [6.07, 6.45) is 2.36. The van der Waals surface area contributed by atoms with E-state index in [2.05, 4.69) is 6.58 Å². The van der Waals surface area contributed by atoms with Crippen molar-refractivity contribution < 1.29 is 9.84 Å². The predicted molar refractivity (Wildman–Crippen MR) is 70.2 cm³/mol. The maximum atomic E-state index is 9.76. The Bertz CT molecular complexity index is 394. The molecule has 3 N–H and O–H groups in total. The summed E-state index contributed by atoms with van der Waals surface area (Å²) in [6.45, 7) is 9.57. The quantitative estimate of drug-likeness (QED) is 0.788. The Morgan fingerprint density at radius 3 is 2.65 bits per heavy atom. The molecule has 17 heavy (non-hydrogen) atoms. The smallest absolute Gasteiger partial charge is 0.120 e. The molecule has 0 amide bonds. The van der Waals surface area contributed by atoms with Gasteiger partial charge >= 0.3 is 0 Å². The van der Waals surface area contributed by atoms with Crippen molar-refractivity contribution in [3.63, 3.8) is 0 Å². The van der Waals surface area contributed by atoms with Gasteiger partial charge in [0.25, 0.3) is 0 Å². The van der Waals surface area contributed by atoms with Crippen LogP contribution in [0.2, 0.25) is 0 Å². The highest BCUT2D eigenvalue weighted by atomic mass is 16.5. The van der Waals surface area contributed by atoms with E-state index in [4.69, 9.17) is 10.5 Å². The maximum Gasteiger partial charge on any atom is 0.120 e. The molecule has 0 aliphatic carbocycles. The SMILES string of the molecule is C=CC[C@H](N)c1cc(OC(C)(C)C)ccc1O. The number of rotatable bonds is 4. The number of aromatic hydroxyl groups is 1. The fraction of sp³-hybridized carbons (Fsp3) is 0.429. The highest BCUT2D eigenvalue weighted by Gasteiger charge is 2.15. The average molecular weight is 235 g/mol. The maximum absolute atomic E-state index is 9.76. The highest BCUT2D eigenvalue weighted by Crippen LogP contribution is 2.30. The molecular formula is C14H21NO2. The van der Waals surface area contributed by atoms with Crippen LogP contribution in [-0.2, 0) is 0 Å². The molecule has 0 fully saturated rings. The fourth-order valence-corrected chi connectivity index (χ4v) is 1.55. The van der Waals surface area contributed by atoms with Gasteiger partial charge in [0.1, 0.15) is 17.1 Å². The van der Waals surface area contributed by atoms with Crippen LogP contribution in [-0.4, -0.2) is 10.7 Å². The molecule has 0 aliphatic heterocycles. The van der Waals surface area contributed by atoms with E-state index in [0.29, 0.717) is 17.7 Å². The Hall–Kier alpha value is -1.48. The Labute approximate surface area is 103 Å². The van der Waals surface area contributed by atoms with Crippen molar-refractivity contribution in [1.82, 2.24) is 0 Å². The Morgan fingerprint density at radius 2 is 2.12 bits per heavy atom. The lowest BCUT2D eigenvalue weighted by Crippen LogP contribution is -2.23. The van der Waals surface area contributed by atoms with E-state index in [1.807, 2.05) is 20.8 Å². The number of nitrogens with two attached hydrogens (primary N) is 1. The third-order valence-corrected chi connectivity index (χ3v) is 2.24. The first-order chi connectivity index (χ1) is 7.83. The molecule has 3 heteroatoms. The highest BCUT2D eigenvalue weighted by molar-refractivity contribution is 5.41. The Kier molecular flexibility index (Phi) is 4.18. The van der Waals surface area contributed by atoms with Gasteiger partial charge < -0.3 is 15.6 Å². The number of hydrogen-bond acceptors (Lipinski definition) is 3. The van der Waals surface area contributed by atoms with E-state index in [-0.39, 0.29) is 17.4 Å². The molecule has 0 saturated heterocycles. The van der Waals surface area contributed by atoms with Gasteiger partial charge in [-0.15, -0.1) is 6.58 Å². The van der Waals surface area contributed by atoms with Gasteiger partial charge in [0.15, 0.2) is 0 Å². The summed E-state index contributed by atoms with van der Waals surface area (Å²) in [6, 6.07) is 4.88. The number of ether oxygens (including phenoxy) is 1. The van der Waals surface area contributed by atoms with Crippen molar-refractivity contribution in [3.05, 3.63) is 36.4 Å². The summed E-state index contributed by atoms with van der Waals surface area (Å²) in [7, 11) is 0. The van der Waals surface area contributed by atoms with Gasteiger partial charge in [-0.05, 0) is 45.4 Å². The van der Waals surface area contributed by atoms with Crippen LogP contribution >= 0.6 is 0 Å². The number of benzene rings is 1. The molecule has 0 saturated carbocycles. The summed E-state index contributed by atoms with van der Waals surface area (Å²) < 4.78 is 5.73. The molecule has 1 atom stereocenters. The van der Waals surface area contributed by atoms with Crippen LogP contribution in [0, 0.1) is 0 Å². The first-order valence-electron chi connectivity index (χ1n) is 5.72. The van der Waals surface area contributed by atoms with E-state index in [0.717, 1.165) is 0 Å². The molecule has 1 rings (SSSR count). The third-order valence-electron chi connectivity index (χ3n) is 2.24. The number of hydrogen-bond donors (Lipinski definition) is 2. The monoisotopic (exact) mass is 235 g/mol. The lowest BCUT2D eigenvalue weighted by molar-refractivity contribution is 0.130. The second kappa shape index (κ2) is 5.23. The summed E-state index contributed by atoms with van der Waals surface area (Å²) >= 11 is 0. The molecule has 1 aromatic carbocycles. The van der Waals surface area contributed by atoms with E-state index in [1.54, 1.807) is 24.3 Å². The topological polar surface area (TPSA) is 55.5 Å². The minimum absolute atomic E-state index is 0.195. The Morgan fingerprint density at radius 1 is 1.47 bits per heavy atom. The zero-order valence-electron chi connectivity index (χ0n) is 10.7. The van der Waals surface area contributed by atoms with Gasteiger partial charge in [0.2, 0.25) is 0 Å². The zero-order valence-corrected chi connectivity index (χ0v) is 10.7. The second-order valence-electron chi connectivity index (χ2n) is 5.07. The second-order valence-corrected chi connectivity index (χ2v) is 5.07. The summed E-state index contributed by atoms with van der Waals surface area (Å²) in [5.41, 5.74) is 6.37. The number of phenolic OH excluding ortho intramolecular Hbond substituents is 1. The number of phenols is 1. The van der Waals surface area contributed by atoms with Crippen LogP contribution < -0.4 is 10.5 Å². The first kappa shape index (κ1) is 13.6. The Balaban J connectivity index is 2.97. The molecule has 0 spiro atoms. The van der Waals surface area contributed by atoms with E-state index < -0.39 is 0 Å². The molecule has 0 heterocycles. The van der Waals surface area contributed by atoms with Crippen molar-refractivity contribution in [3.8, 4) is 11.5 Å². The largest absolute Gasteiger partial charge is 0.508 e. The van der Waals surface area contributed by atoms with Crippen molar-refractivity contribution in [1.29, 1.82) is 0 Å². The molecule has 94 valence electrons. The van der Waals surface area contributed by atoms with Gasteiger partial charge in [-0.3, -0.25) is 0 Å². The minimum Gasteiger partial charge on any atom is -0.508 e. The minimum atomic E-state index is -0.267. The van der Waals surface area contributed by atoms with Crippen LogP contribution in [0.25, 0.3) is 0 Å². The van der Waals surface area contributed by atoms with Gasteiger partial charge in [-0.1, -0.05) is 6.08 Å². The van der Waals surface area contributed by atoms with Crippen LogP contribution in [0.3, 0.4) is 0 Å². The van der Waals surface area contributed by atoms with Crippen molar-refractivity contribution in [2.24, 2.45) is 5.73 Å². The molecule has 0 aliphatic rings. The molecule has 0 radical (unpaired) electrons. The van der Waals surface area contributed by atoms with E-state index >= 15 is 0 Å². The molecule has 0 unspecified atom stereocenters. The summed E-state index contributed by atoms with van der Waals surface area (Å²) in [5, 5.41) is 9.76. The average Bonchev–Trinajstić information content (AvgIpc) is 2.19. The van der Waals surface area contributed by atoms with Gasteiger partial charge in [-0.25, -0.2) is 0 Å². The molecular weight excluding hydrogens is 214 g/mol. The molecule has 0 bridgehead atoms. The van der Waals surface area contributed by atoms with Crippen LogP contribution in [0.15, 0.2) is 30.9 Å². The lowest BCUT2D eigenvalue weighted by Gasteiger charge is -2.22. The third kappa shape index (κ3) is 4.11. The summed E-state index contributed by atoms with van der Waals surface area (Å²) in [5.74, 6) is 0.908.